The molecule has 0 radical (unpaired) electrons. The lowest BCUT2D eigenvalue weighted by Crippen LogP contribution is -2.24. The zero-order valence-electron chi connectivity index (χ0n) is 15.7. The molecule has 1 aromatic carbocycles. The Bertz CT molecular complexity index is 802. The Hall–Kier alpha value is -2.15. The fourth-order valence-corrected chi connectivity index (χ4v) is 3.68. The molecule has 0 unspecified atom stereocenters. The summed E-state index contributed by atoms with van der Waals surface area (Å²) in [5.41, 5.74) is 3.18. The normalized spacial score (nSPS) is 12.7. The minimum atomic E-state index is -0.0120. The molecule has 0 saturated heterocycles. The van der Waals surface area contributed by atoms with Gasteiger partial charge in [-0.1, -0.05) is 31.7 Å². The number of imidazole rings is 1. The van der Waals surface area contributed by atoms with Crippen LogP contribution in [0.25, 0.3) is 0 Å². The number of aromatic nitrogens is 2. The van der Waals surface area contributed by atoms with Crippen molar-refractivity contribution in [1.82, 2.24) is 14.9 Å². The van der Waals surface area contributed by atoms with Crippen LogP contribution in [-0.2, 0) is 17.9 Å². The number of amides is 1. The predicted octanol–water partition coefficient (Wildman–Crippen LogP) is 3.29. The average molecular weight is 375 g/mol. The number of ether oxygens (including phenoxy) is 2. The second-order valence-corrected chi connectivity index (χ2v) is 7.77. The third-order valence-electron chi connectivity index (χ3n) is 4.23. The van der Waals surface area contributed by atoms with Crippen LogP contribution >= 0.6 is 11.8 Å². The molecular weight excluding hydrogens is 350 g/mol. The number of hydrogen-bond acceptors (Lipinski definition) is 5. The van der Waals surface area contributed by atoms with Crippen LogP contribution in [0.15, 0.2) is 23.4 Å². The largest absolute Gasteiger partial charge is 0.454 e. The van der Waals surface area contributed by atoms with Gasteiger partial charge in [0.15, 0.2) is 16.7 Å². The second-order valence-electron chi connectivity index (χ2n) is 6.82. The Morgan fingerprint density at radius 2 is 2.08 bits per heavy atom. The highest BCUT2D eigenvalue weighted by Gasteiger charge is 2.15. The van der Waals surface area contributed by atoms with Gasteiger partial charge in [-0.2, -0.15) is 0 Å². The maximum Gasteiger partial charge on any atom is 0.231 e. The van der Waals surface area contributed by atoms with E-state index in [2.05, 4.69) is 35.6 Å². The second kappa shape index (κ2) is 8.03. The van der Waals surface area contributed by atoms with Gasteiger partial charge in [0.25, 0.3) is 0 Å². The van der Waals surface area contributed by atoms with Gasteiger partial charge in [0.2, 0.25) is 12.7 Å². The highest BCUT2D eigenvalue weighted by atomic mass is 32.2. The number of benzene rings is 1. The Morgan fingerprint density at radius 1 is 1.31 bits per heavy atom. The van der Waals surface area contributed by atoms with Gasteiger partial charge in [0.1, 0.15) is 0 Å². The van der Waals surface area contributed by atoms with Gasteiger partial charge >= 0.3 is 0 Å². The minimum absolute atomic E-state index is 0.0120. The summed E-state index contributed by atoms with van der Waals surface area (Å²) in [6.45, 7) is 10.1. The first-order valence-corrected chi connectivity index (χ1v) is 9.74. The molecule has 1 amide bonds. The van der Waals surface area contributed by atoms with Gasteiger partial charge in [0.05, 0.1) is 11.4 Å². The van der Waals surface area contributed by atoms with Crippen molar-refractivity contribution in [3.8, 4) is 11.5 Å². The predicted molar refractivity (Wildman–Crippen MR) is 102 cm³/mol. The standard InChI is InChI=1S/C19H25N3O3S/c1-12(2)9-22-14(4)13(3)21-19(22)26-10-18(23)20-8-15-5-6-16-17(7-15)25-11-24-16/h5-7,12H,8-11H2,1-4H3,(H,20,23). The van der Waals surface area contributed by atoms with E-state index in [0.717, 1.165) is 34.5 Å². The first kappa shape index (κ1) is 18.6. The highest BCUT2D eigenvalue weighted by molar-refractivity contribution is 7.99. The van der Waals surface area contributed by atoms with Crippen LogP contribution in [0.5, 0.6) is 11.5 Å². The van der Waals surface area contributed by atoms with Crippen molar-refractivity contribution >= 4 is 17.7 Å². The lowest BCUT2D eigenvalue weighted by molar-refractivity contribution is -0.118. The van der Waals surface area contributed by atoms with E-state index in [0.29, 0.717) is 18.2 Å². The lowest BCUT2D eigenvalue weighted by Gasteiger charge is -2.12. The van der Waals surface area contributed by atoms with Gasteiger partial charge < -0.3 is 19.4 Å². The van der Waals surface area contributed by atoms with Crippen LogP contribution in [0, 0.1) is 19.8 Å². The molecule has 3 rings (SSSR count). The molecule has 0 aliphatic carbocycles. The van der Waals surface area contributed by atoms with Gasteiger partial charge in [-0.05, 0) is 37.5 Å². The summed E-state index contributed by atoms with van der Waals surface area (Å²) in [4.78, 5) is 16.8. The summed E-state index contributed by atoms with van der Waals surface area (Å²) in [6, 6.07) is 5.70. The molecule has 2 heterocycles. The summed E-state index contributed by atoms with van der Waals surface area (Å²) in [7, 11) is 0. The van der Waals surface area contributed by atoms with E-state index in [-0.39, 0.29) is 12.7 Å². The van der Waals surface area contributed by atoms with Crippen molar-refractivity contribution in [2.75, 3.05) is 12.5 Å². The summed E-state index contributed by atoms with van der Waals surface area (Å²) in [5.74, 6) is 2.34. The van der Waals surface area contributed by atoms with Crippen LogP contribution in [0.1, 0.15) is 30.8 Å². The fourth-order valence-electron chi connectivity index (χ4n) is 2.75. The van der Waals surface area contributed by atoms with Crippen molar-refractivity contribution in [2.45, 2.75) is 45.9 Å². The monoisotopic (exact) mass is 375 g/mol. The first-order valence-electron chi connectivity index (χ1n) is 8.75. The third-order valence-corrected chi connectivity index (χ3v) is 5.21. The molecule has 1 aliphatic heterocycles. The zero-order chi connectivity index (χ0) is 18.7. The number of thioether (sulfide) groups is 1. The number of nitrogens with zero attached hydrogens (tertiary/aromatic N) is 2. The van der Waals surface area contributed by atoms with E-state index in [1.807, 2.05) is 25.1 Å². The number of carbonyl (C=O) groups excluding carboxylic acids is 1. The number of carbonyl (C=O) groups is 1. The molecule has 2 aromatic rings. The molecule has 1 aliphatic rings. The summed E-state index contributed by atoms with van der Waals surface area (Å²) >= 11 is 1.48. The Morgan fingerprint density at radius 3 is 2.85 bits per heavy atom. The Kier molecular flexibility index (Phi) is 5.76. The molecule has 0 bridgehead atoms. The maximum atomic E-state index is 12.2. The van der Waals surface area contributed by atoms with Crippen LogP contribution in [-0.4, -0.2) is 28.0 Å². The van der Waals surface area contributed by atoms with E-state index in [1.54, 1.807) is 0 Å². The molecule has 0 atom stereocenters. The minimum Gasteiger partial charge on any atom is -0.454 e. The fraction of sp³-hybridized carbons (Fsp3) is 0.474. The molecule has 26 heavy (non-hydrogen) atoms. The molecular formula is C19H25N3O3S. The molecule has 1 N–H and O–H groups in total. The van der Waals surface area contributed by atoms with Crippen molar-refractivity contribution < 1.29 is 14.3 Å². The quantitative estimate of drug-likeness (QED) is 0.752. The molecule has 0 saturated carbocycles. The van der Waals surface area contributed by atoms with E-state index in [9.17, 15) is 4.79 Å². The molecule has 7 heteroatoms. The van der Waals surface area contributed by atoms with Crippen molar-refractivity contribution in [1.29, 1.82) is 0 Å². The van der Waals surface area contributed by atoms with Crippen molar-refractivity contribution in [2.24, 2.45) is 5.92 Å². The zero-order valence-corrected chi connectivity index (χ0v) is 16.5. The van der Waals surface area contributed by atoms with E-state index in [4.69, 9.17) is 9.47 Å². The molecule has 0 spiro atoms. The number of fused-ring (bicyclic) bond motifs is 1. The summed E-state index contributed by atoms with van der Waals surface area (Å²) < 4.78 is 12.9. The molecule has 0 fully saturated rings. The molecule has 1 aromatic heterocycles. The highest BCUT2D eigenvalue weighted by Crippen LogP contribution is 2.32. The lowest BCUT2D eigenvalue weighted by atomic mass is 10.2. The van der Waals surface area contributed by atoms with Gasteiger partial charge in [-0.25, -0.2) is 4.98 Å². The Labute approximate surface area is 158 Å². The van der Waals surface area contributed by atoms with E-state index >= 15 is 0 Å². The number of nitrogens with one attached hydrogen (secondary N) is 1. The number of hydrogen-bond donors (Lipinski definition) is 1. The maximum absolute atomic E-state index is 12.2. The van der Waals surface area contributed by atoms with E-state index in [1.165, 1.54) is 17.5 Å². The summed E-state index contributed by atoms with van der Waals surface area (Å²) in [5, 5.41) is 3.86. The smallest absolute Gasteiger partial charge is 0.231 e. The van der Waals surface area contributed by atoms with Crippen molar-refractivity contribution in [3.05, 3.63) is 35.2 Å². The van der Waals surface area contributed by atoms with Crippen LogP contribution in [0.2, 0.25) is 0 Å². The molecule has 140 valence electrons. The third kappa shape index (κ3) is 4.33. The van der Waals surface area contributed by atoms with Gasteiger partial charge in [-0.15, -0.1) is 0 Å². The van der Waals surface area contributed by atoms with Crippen molar-refractivity contribution in [3.63, 3.8) is 0 Å². The SMILES string of the molecule is Cc1nc(SCC(=O)NCc2ccc3c(c2)OCO3)n(CC(C)C)c1C. The number of aryl methyl sites for hydroxylation is 1. The topological polar surface area (TPSA) is 65.4 Å². The Balaban J connectivity index is 1.54. The van der Waals surface area contributed by atoms with Crippen LogP contribution < -0.4 is 14.8 Å². The van der Waals surface area contributed by atoms with Crippen LogP contribution in [0.3, 0.4) is 0 Å². The first-order chi connectivity index (χ1) is 12.4. The van der Waals surface area contributed by atoms with E-state index < -0.39 is 0 Å². The van der Waals surface area contributed by atoms with Gasteiger partial charge in [-0.3, -0.25) is 4.79 Å². The van der Waals surface area contributed by atoms with Gasteiger partial charge in [0, 0.05) is 18.8 Å². The summed E-state index contributed by atoms with van der Waals surface area (Å²) in [6.07, 6.45) is 0. The molecule has 6 nitrogen and oxygen atoms in total. The number of rotatable bonds is 7. The van der Waals surface area contributed by atoms with Crippen LogP contribution in [0.4, 0.5) is 0 Å². The average Bonchev–Trinajstić information content (AvgIpc) is 3.17.